The molecule has 0 bridgehead atoms. The van der Waals surface area contributed by atoms with Crippen molar-refractivity contribution in [3.05, 3.63) is 63.6 Å². The van der Waals surface area contributed by atoms with E-state index >= 15 is 0 Å². The highest BCUT2D eigenvalue weighted by Gasteiger charge is 2.22. The first-order chi connectivity index (χ1) is 13.7. The molecule has 12 heteroatoms. The Balaban J connectivity index is 1.77. The zero-order valence-corrected chi connectivity index (χ0v) is 17.8. The minimum Gasteiger partial charge on any atom is -0.296 e. The van der Waals surface area contributed by atoms with Crippen LogP contribution in [0.4, 0.5) is 10.8 Å². The third-order valence-corrected chi connectivity index (χ3v) is 6.69. The molecule has 1 amide bonds. The van der Waals surface area contributed by atoms with E-state index < -0.39 is 15.9 Å². The molecule has 0 spiro atoms. The van der Waals surface area contributed by atoms with Gasteiger partial charge in [0.2, 0.25) is 5.13 Å². The van der Waals surface area contributed by atoms with E-state index in [0.717, 1.165) is 0 Å². The molecule has 0 atom stereocenters. The van der Waals surface area contributed by atoms with Crippen molar-refractivity contribution in [2.24, 2.45) is 0 Å². The van der Waals surface area contributed by atoms with Gasteiger partial charge in [-0.3, -0.25) is 19.6 Å². The molecule has 0 saturated carbocycles. The summed E-state index contributed by atoms with van der Waals surface area (Å²) < 4.78 is 27.0. The first kappa shape index (κ1) is 21.2. The minimum atomic E-state index is -4.06. The highest BCUT2D eigenvalue weighted by atomic mass is 35.5. The number of ketones is 1. The van der Waals surface area contributed by atoms with E-state index in [1.54, 1.807) is 12.1 Å². The molecule has 1 heterocycles. The second kappa shape index (κ2) is 8.46. The molecule has 150 valence electrons. The molecule has 0 aliphatic heterocycles. The SMILES string of the molecule is CC(=O)c1cccc(NS(=O)(=O)c2nnc(NC(=O)c3ccc(Cl)cc3Cl)s2)c1. The Morgan fingerprint density at radius 2 is 1.83 bits per heavy atom. The van der Waals surface area contributed by atoms with E-state index in [4.69, 9.17) is 23.2 Å². The van der Waals surface area contributed by atoms with Crippen molar-refractivity contribution in [1.82, 2.24) is 10.2 Å². The zero-order valence-electron chi connectivity index (χ0n) is 14.6. The Morgan fingerprint density at radius 1 is 1.07 bits per heavy atom. The number of sulfonamides is 1. The van der Waals surface area contributed by atoms with Gasteiger partial charge in [-0.05, 0) is 37.3 Å². The van der Waals surface area contributed by atoms with Crippen LogP contribution in [0.15, 0.2) is 46.8 Å². The molecule has 8 nitrogen and oxygen atoms in total. The molecule has 0 saturated heterocycles. The van der Waals surface area contributed by atoms with Gasteiger partial charge in [-0.25, -0.2) is 0 Å². The second-order valence-electron chi connectivity index (χ2n) is 5.69. The van der Waals surface area contributed by atoms with Crippen molar-refractivity contribution in [2.45, 2.75) is 11.3 Å². The van der Waals surface area contributed by atoms with Crippen LogP contribution in [0.2, 0.25) is 10.0 Å². The van der Waals surface area contributed by atoms with Gasteiger partial charge in [0.1, 0.15) is 0 Å². The van der Waals surface area contributed by atoms with E-state index in [1.165, 1.54) is 37.3 Å². The largest absolute Gasteiger partial charge is 0.296 e. The number of halogens is 2. The van der Waals surface area contributed by atoms with Gasteiger partial charge in [-0.1, -0.05) is 46.7 Å². The summed E-state index contributed by atoms with van der Waals surface area (Å²) in [7, 11) is -4.06. The van der Waals surface area contributed by atoms with Crippen molar-refractivity contribution in [1.29, 1.82) is 0 Å². The number of nitrogens with zero attached hydrogens (tertiary/aromatic N) is 2. The smallest absolute Gasteiger partial charge is 0.291 e. The third kappa shape index (κ3) is 5.10. The van der Waals surface area contributed by atoms with Crippen molar-refractivity contribution >= 4 is 67.1 Å². The highest BCUT2D eigenvalue weighted by Crippen LogP contribution is 2.25. The number of anilines is 2. The molecule has 29 heavy (non-hydrogen) atoms. The minimum absolute atomic E-state index is 0.0288. The van der Waals surface area contributed by atoms with Crippen LogP contribution in [-0.4, -0.2) is 30.3 Å². The Morgan fingerprint density at radius 3 is 2.52 bits per heavy atom. The predicted molar refractivity (Wildman–Crippen MR) is 112 cm³/mol. The number of amides is 1. The van der Waals surface area contributed by atoms with E-state index in [-0.39, 0.29) is 31.5 Å². The second-order valence-corrected chi connectivity index (χ2v) is 9.37. The monoisotopic (exact) mass is 470 g/mol. The van der Waals surface area contributed by atoms with Crippen molar-refractivity contribution in [3.8, 4) is 0 Å². The molecule has 0 aliphatic carbocycles. The van der Waals surface area contributed by atoms with Crippen LogP contribution < -0.4 is 10.0 Å². The number of aromatic nitrogens is 2. The molecule has 2 N–H and O–H groups in total. The van der Waals surface area contributed by atoms with Crippen LogP contribution in [0.1, 0.15) is 27.6 Å². The Kier molecular flexibility index (Phi) is 6.18. The lowest BCUT2D eigenvalue weighted by Crippen LogP contribution is -2.13. The maximum atomic E-state index is 12.5. The van der Waals surface area contributed by atoms with Gasteiger partial charge in [0.25, 0.3) is 20.3 Å². The number of carbonyl (C=O) groups is 2. The maximum Gasteiger partial charge on any atom is 0.291 e. The fourth-order valence-corrected chi connectivity index (χ4v) is 4.65. The summed E-state index contributed by atoms with van der Waals surface area (Å²) in [6.45, 7) is 1.38. The number of Topliss-reactive ketones (excluding diaryl/α,β-unsaturated/α-hetero) is 1. The molecule has 3 rings (SSSR count). The number of hydrogen-bond acceptors (Lipinski definition) is 7. The van der Waals surface area contributed by atoms with Crippen molar-refractivity contribution < 1.29 is 18.0 Å². The van der Waals surface area contributed by atoms with Crippen LogP contribution >= 0.6 is 34.5 Å². The van der Waals surface area contributed by atoms with Gasteiger partial charge >= 0.3 is 0 Å². The molecular formula is C17H12Cl2N4O4S2. The fourth-order valence-electron chi connectivity index (χ4n) is 2.21. The number of nitrogens with one attached hydrogen (secondary N) is 2. The van der Waals surface area contributed by atoms with Crippen LogP contribution in [0.3, 0.4) is 0 Å². The summed E-state index contributed by atoms with van der Waals surface area (Å²) in [5.41, 5.74) is 0.705. The number of benzene rings is 2. The Bertz CT molecular complexity index is 1210. The summed E-state index contributed by atoms with van der Waals surface area (Å²) in [6, 6.07) is 10.4. The molecule has 1 aromatic heterocycles. The van der Waals surface area contributed by atoms with Crippen LogP contribution in [-0.2, 0) is 10.0 Å². The quantitative estimate of drug-likeness (QED) is 0.413. The summed E-state index contributed by atoms with van der Waals surface area (Å²) in [5, 5.41) is 10.2. The average Bonchev–Trinajstić information content (AvgIpc) is 3.11. The molecule has 0 aliphatic rings. The lowest BCUT2D eigenvalue weighted by molar-refractivity contribution is 0.101. The lowest BCUT2D eigenvalue weighted by atomic mass is 10.1. The standard InChI is InChI=1S/C17H12Cl2N4O4S2/c1-9(24)10-3-2-4-12(7-10)23-29(26,27)17-22-21-16(28-17)20-15(25)13-6-5-11(18)8-14(13)19/h2-8,23H,1H3,(H,20,21,25). The summed E-state index contributed by atoms with van der Waals surface area (Å²) >= 11 is 12.4. The molecule has 0 radical (unpaired) electrons. The number of rotatable bonds is 6. The van der Waals surface area contributed by atoms with E-state index in [1.807, 2.05) is 0 Å². The van der Waals surface area contributed by atoms with Gasteiger partial charge in [-0.2, -0.15) is 8.42 Å². The first-order valence-electron chi connectivity index (χ1n) is 7.89. The van der Waals surface area contributed by atoms with Crippen LogP contribution in [0.5, 0.6) is 0 Å². The topological polar surface area (TPSA) is 118 Å². The fraction of sp³-hybridized carbons (Fsp3) is 0.0588. The molecule has 3 aromatic rings. The molecule has 2 aromatic carbocycles. The van der Waals surface area contributed by atoms with E-state index in [9.17, 15) is 18.0 Å². The predicted octanol–water partition coefficient (Wildman–Crippen LogP) is 4.10. The summed E-state index contributed by atoms with van der Waals surface area (Å²) in [5.74, 6) is -0.790. The number of hydrogen-bond donors (Lipinski definition) is 2. The van der Waals surface area contributed by atoms with Gasteiger partial charge in [0.15, 0.2) is 5.78 Å². The Labute approximate surface area is 179 Å². The van der Waals surface area contributed by atoms with Crippen LogP contribution in [0, 0.1) is 0 Å². The van der Waals surface area contributed by atoms with Crippen molar-refractivity contribution in [2.75, 3.05) is 10.0 Å². The first-order valence-corrected chi connectivity index (χ1v) is 10.9. The molecule has 0 unspecified atom stereocenters. The maximum absolute atomic E-state index is 12.5. The molecular weight excluding hydrogens is 459 g/mol. The van der Waals surface area contributed by atoms with Crippen molar-refractivity contribution in [3.63, 3.8) is 0 Å². The summed E-state index contributed by atoms with van der Waals surface area (Å²) in [4.78, 5) is 23.7. The van der Waals surface area contributed by atoms with Gasteiger partial charge in [-0.15, -0.1) is 10.2 Å². The molecule has 0 fully saturated rings. The van der Waals surface area contributed by atoms with Gasteiger partial charge < -0.3 is 0 Å². The van der Waals surface area contributed by atoms with Crippen LogP contribution in [0.25, 0.3) is 0 Å². The lowest BCUT2D eigenvalue weighted by Gasteiger charge is -2.06. The number of carbonyl (C=O) groups excluding carboxylic acids is 2. The highest BCUT2D eigenvalue weighted by molar-refractivity contribution is 7.94. The van der Waals surface area contributed by atoms with Gasteiger partial charge in [0.05, 0.1) is 10.6 Å². The zero-order chi connectivity index (χ0) is 21.2. The van der Waals surface area contributed by atoms with E-state index in [2.05, 4.69) is 20.2 Å². The third-order valence-electron chi connectivity index (χ3n) is 3.55. The summed E-state index contributed by atoms with van der Waals surface area (Å²) in [6.07, 6.45) is 0. The average molecular weight is 471 g/mol. The van der Waals surface area contributed by atoms with E-state index in [0.29, 0.717) is 21.9 Å². The Hall–Kier alpha value is -2.53. The van der Waals surface area contributed by atoms with Gasteiger partial charge in [0, 0.05) is 16.3 Å². The normalized spacial score (nSPS) is 11.1.